The van der Waals surface area contributed by atoms with Crippen molar-refractivity contribution in [3.8, 4) is 5.75 Å². The molecule has 92 valence electrons. The Bertz CT molecular complexity index is 536. The maximum Gasteiger partial charge on any atom is 0.335 e. The van der Waals surface area contributed by atoms with Crippen molar-refractivity contribution in [1.29, 1.82) is 0 Å². The fourth-order valence-corrected chi connectivity index (χ4v) is 1.76. The Labute approximate surface area is 106 Å². The van der Waals surface area contributed by atoms with E-state index < -0.39 is 5.97 Å². The molecule has 0 amide bonds. The van der Waals surface area contributed by atoms with Gasteiger partial charge in [-0.3, -0.25) is 0 Å². The largest absolute Gasteiger partial charge is 0.478 e. The van der Waals surface area contributed by atoms with E-state index in [9.17, 15) is 4.79 Å². The van der Waals surface area contributed by atoms with Crippen molar-refractivity contribution in [2.45, 2.75) is 13.3 Å². The summed E-state index contributed by atoms with van der Waals surface area (Å²) in [6.07, 6.45) is 5.86. The highest BCUT2D eigenvalue weighted by atomic mass is 16.5. The molecule has 0 saturated carbocycles. The standard InChI is InChI=1S/C15H14O3/c1-11-10-13(8-5-9-14(11)15(16)17)18-12-6-3-2-4-7-12/h2-4,6-10H,5H2,1H3,(H,16,17). The van der Waals surface area contributed by atoms with Crippen molar-refractivity contribution in [3.05, 3.63) is 65.5 Å². The average Bonchev–Trinajstić information content (AvgIpc) is 2.52. The van der Waals surface area contributed by atoms with Gasteiger partial charge in [0.1, 0.15) is 11.5 Å². The molecule has 18 heavy (non-hydrogen) atoms. The normalized spacial score (nSPS) is 15.1. The molecule has 0 heterocycles. The van der Waals surface area contributed by atoms with Gasteiger partial charge in [0, 0.05) is 0 Å². The monoisotopic (exact) mass is 242 g/mol. The van der Waals surface area contributed by atoms with Gasteiger partial charge in [0.25, 0.3) is 0 Å². The smallest absolute Gasteiger partial charge is 0.335 e. The van der Waals surface area contributed by atoms with Crippen LogP contribution in [0.4, 0.5) is 0 Å². The minimum absolute atomic E-state index is 0.331. The van der Waals surface area contributed by atoms with Gasteiger partial charge < -0.3 is 9.84 Å². The summed E-state index contributed by atoms with van der Waals surface area (Å²) < 4.78 is 5.69. The van der Waals surface area contributed by atoms with Gasteiger partial charge in [0.15, 0.2) is 0 Å². The maximum absolute atomic E-state index is 11.0. The summed E-state index contributed by atoms with van der Waals surface area (Å²) in [5, 5.41) is 9.04. The van der Waals surface area contributed by atoms with Crippen molar-refractivity contribution in [1.82, 2.24) is 0 Å². The molecule has 0 unspecified atom stereocenters. The lowest BCUT2D eigenvalue weighted by Gasteiger charge is -2.06. The van der Waals surface area contributed by atoms with Gasteiger partial charge in [0.2, 0.25) is 0 Å². The SMILES string of the molecule is CC1=CC(Oc2ccccc2)=CCC=C1C(=O)O. The molecule has 3 nitrogen and oxygen atoms in total. The predicted molar refractivity (Wildman–Crippen MR) is 69.2 cm³/mol. The molecule has 0 bridgehead atoms. The minimum Gasteiger partial charge on any atom is -0.478 e. The summed E-state index contributed by atoms with van der Waals surface area (Å²) in [6, 6.07) is 9.43. The Balaban J connectivity index is 2.18. The number of carboxylic acids is 1. The highest BCUT2D eigenvalue weighted by Gasteiger charge is 2.12. The van der Waals surface area contributed by atoms with E-state index in [1.54, 1.807) is 19.1 Å². The molecule has 1 N–H and O–H groups in total. The third kappa shape index (κ3) is 2.88. The number of aliphatic carboxylic acids is 1. The number of rotatable bonds is 3. The Kier molecular flexibility index (Phi) is 3.63. The Morgan fingerprint density at radius 1 is 1.22 bits per heavy atom. The fraction of sp³-hybridized carbons (Fsp3) is 0.133. The van der Waals surface area contributed by atoms with Crippen LogP contribution in [0, 0.1) is 0 Å². The summed E-state index contributed by atoms with van der Waals surface area (Å²) >= 11 is 0. The zero-order valence-corrected chi connectivity index (χ0v) is 10.1. The van der Waals surface area contributed by atoms with Crippen LogP contribution in [0.5, 0.6) is 5.75 Å². The van der Waals surface area contributed by atoms with Gasteiger partial charge in [-0.1, -0.05) is 24.3 Å². The molecule has 0 saturated heterocycles. The van der Waals surface area contributed by atoms with Crippen molar-refractivity contribution in [2.24, 2.45) is 0 Å². The van der Waals surface area contributed by atoms with Crippen molar-refractivity contribution in [2.75, 3.05) is 0 Å². The minimum atomic E-state index is -0.905. The molecular weight excluding hydrogens is 228 g/mol. The van der Waals surface area contributed by atoms with Crippen molar-refractivity contribution >= 4 is 5.97 Å². The van der Waals surface area contributed by atoms with Gasteiger partial charge in [-0.25, -0.2) is 4.79 Å². The average molecular weight is 242 g/mol. The number of hydrogen-bond acceptors (Lipinski definition) is 2. The number of allylic oxidation sites excluding steroid dienone is 3. The second kappa shape index (κ2) is 5.36. The van der Waals surface area contributed by atoms with Crippen LogP contribution in [0.15, 0.2) is 65.5 Å². The Hall–Kier alpha value is -2.29. The molecule has 0 aliphatic heterocycles. The molecule has 3 heteroatoms. The van der Waals surface area contributed by atoms with Crippen LogP contribution >= 0.6 is 0 Å². The van der Waals surface area contributed by atoms with Gasteiger partial charge in [0.05, 0.1) is 5.57 Å². The molecule has 0 fully saturated rings. The number of carbonyl (C=O) groups is 1. The number of benzene rings is 1. The van der Waals surface area contributed by atoms with Crippen LogP contribution in [0.25, 0.3) is 0 Å². The molecule has 0 atom stereocenters. The number of hydrogen-bond donors (Lipinski definition) is 1. The third-order valence-electron chi connectivity index (χ3n) is 2.63. The van der Waals surface area contributed by atoms with E-state index in [-0.39, 0.29) is 0 Å². The molecule has 0 aromatic heterocycles. The topological polar surface area (TPSA) is 46.5 Å². The number of para-hydroxylation sites is 1. The Morgan fingerprint density at radius 2 is 1.94 bits per heavy atom. The highest BCUT2D eigenvalue weighted by Crippen LogP contribution is 2.21. The quantitative estimate of drug-likeness (QED) is 0.884. The molecule has 1 aromatic rings. The van der Waals surface area contributed by atoms with E-state index in [4.69, 9.17) is 9.84 Å². The first-order valence-corrected chi connectivity index (χ1v) is 5.72. The Morgan fingerprint density at radius 3 is 2.61 bits per heavy atom. The van der Waals surface area contributed by atoms with Gasteiger partial charge >= 0.3 is 5.97 Å². The molecule has 0 radical (unpaired) electrons. The zero-order chi connectivity index (χ0) is 13.0. The van der Waals surface area contributed by atoms with Crippen LogP contribution in [0.1, 0.15) is 13.3 Å². The van der Waals surface area contributed by atoms with Crippen LogP contribution < -0.4 is 4.74 Å². The third-order valence-corrected chi connectivity index (χ3v) is 2.63. The summed E-state index contributed by atoms with van der Waals surface area (Å²) in [5.41, 5.74) is 1.03. The summed E-state index contributed by atoms with van der Waals surface area (Å²) in [5.74, 6) is 0.510. The number of ether oxygens (including phenoxy) is 1. The molecule has 1 aromatic carbocycles. The molecule has 0 spiro atoms. The van der Waals surface area contributed by atoms with E-state index in [1.807, 2.05) is 36.4 Å². The summed E-state index contributed by atoms with van der Waals surface area (Å²) in [7, 11) is 0. The first-order valence-electron chi connectivity index (χ1n) is 5.72. The summed E-state index contributed by atoms with van der Waals surface area (Å²) in [4.78, 5) is 11.0. The highest BCUT2D eigenvalue weighted by molar-refractivity contribution is 5.91. The van der Waals surface area contributed by atoms with E-state index in [2.05, 4.69) is 0 Å². The lowest BCUT2D eigenvalue weighted by atomic mass is 10.1. The van der Waals surface area contributed by atoms with Gasteiger partial charge in [-0.2, -0.15) is 0 Å². The van der Waals surface area contributed by atoms with E-state index in [0.29, 0.717) is 23.3 Å². The molecular formula is C15H14O3. The maximum atomic E-state index is 11.0. The summed E-state index contributed by atoms with van der Waals surface area (Å²) in [6.45, 7) is 1.77. The number of carboxylic acid groups (broad SMARTS) is 1. The first-order chi connectivity index (χ1) is 8.66. The lowest BCUT2D eigenvalue weighted by molar-refractivity contribution is -0.132. The first kappa shape index (κ1) is 12.2. The molecule has 1 aliphatic carbocycles. The molecule has 2 rings (SSSR count). The van der Waals surface area contributed by atoms with Crippen LogP contribution in [-0.4, -0.2) is 11.1 Å². The van der Waals surface area contributed by atoms with E-state index in [1.165, 1.54) is 0 Å². The van der Waals surface area contributed by atoms with Crippen LogP contribution in [0.2, 0.25) is 0 Å². The van der Waals surface area contributed by atoms with Crippen LogP contribution in [0.3, 0.4) is 0 Å². The van der Waals surface area contributed by atoms with Crippen LogP contribution in [-0.2, 0) is 4.79 Å². The predicted octanol–water partition coefficient (Wildman–Crippen LogP) is 3.31. The fourth-order valence-electron chi connectivity index (χ4n) is 1.76. The van der Waals surface area contributed by atoms with Crippen molar-refractivity contribution < 1.29 is 14.6 Å². The van der Waals surface area contributed by atoms with E-state index in [0.717, 1.165) is 5.75 Å². The second-order valence-electron chi connectivity index (χ2n) is 4.01. The van der Waals surface area contributed by atoms with E-state index >= 15 is 0 Å². The molecule has 1 aliphatic rings. The van der Waals surface area contributed by atoms with Crippen molar-refractivity contribution in [3.63, 3.8) is 0 Å². The lowest BCUT2D eigenvalue weighted by Crippen LogP contribution is -2.01. The second-order valence-corrected chi connectivity index (χ2v) is 4.01. The van der Waals surface area contributed by atoms with Gasteiger partial charge in [-0.15, -0.1) is 0 Å². The zero-order valence-electron chi connectivity index (χ0n) is 10.1. The van der Waals surface area contributed by atoms with Gasteiger partial charge in [-0.05, 0) is 43.2 Å².